The van der Waals surface area contributed by atoms with Crippen LogP contribution in [-0.4, -0.2) is 35.8 Å². The zero-order chi connectivity index (χ0) is 15.2. The van der Waals surface area contributed by atoms with E-state index >= 15 is 0 Å². The van der Waals surface area contributed by atoms with Crippen molar-refractivity contribution in [1.29, 1.82) is 0 Å². The van der Waals surface area contributed by atoms with Crippen LogP contribution in [0.2, 0.25) is 0 Å². The van der Waals surface area contributed by atoms with Gasteiger partial charge in [-0.25, -0.2) is 9.97 Å². The van der Waals surface area contributed by atoms with Gasteiger partial charge in [0.05, 0.1) is 0 Å². The highest BCUT2D eigenvalue weighted by atomic mass is 19.4. The van der Waals surface area contributed by atoms with E-state index in [9.17, 15) is 13.2 Å². The molecule has 0 aromatic carbocycles. The summed E-state index contributed by atoms with van der Waals surface area (Å²) in [5.41, 5.74) is 0. The largest absolute Gasteiger partial charge is 0.405 e. The van der Waals surface area contributed by atoms with E-state index in [4.69, 9.17) is 0 Å². The second-order valence-electron chi connectivity index (χ2n) is 4.45. The number of aromatic nitrogens is 2. The first-order valence-electron chi connectivity index (χ1n) is 6.83. The lowest BCUT2D eigenvalue weighted by molar-refractivity contribution is -0.119. The zero-order valence-electron chi connectivity index (χ0n) is 12.1. The Morgan fingerprint density at radius 2 is 1.90 bits per heavy atom. The lowest BCUT2D eigenvalue weighted by atomic mass is 10.3. The first-order valence-corrected chi connectivity index (χ1v) is 6.83. The summed E-state index contributed by atoms with van der Waals surface area (Å²) >= 11 is 0. The van der Waals surface area contributed by atoms with Crippen LogP contribution in [-0.2, 0) is 6.42 Å². The van der Waals surface area contributed by atoms with Crippen molar-refractivity contribution in [3.63, 3.8) is 0 Å². The van der Waals surface area contributed by atoms with Crippen LogP contribution in [0.5, 0.6) is 0 Å². The number of aryl methyl sites for hydroxylation is 1. The van der Waals surface area contributed by atoms with Crippen LogP contribution in [0.15, 0.2) is 6.07 Å². The summed E-state index contributed by atoms with van der Waals surface area (Å²) in [6, 6.07) is 1.57. The van der Waals surface area contributed by atoms with E-state index < -0.39 is 12.7 Å². The van der Waals surface area contributed by atoms with Gasteiger partial charge in [-0.3, -0.25) is 0 Å². The Morgan fingerprint density at radius 1 is 1.20 bits per heavy atom. The van der Waals surface area contributed by atoms with Gasteiger partial charge in [0.2, 0.25) is 0 Å². The molecule has 1 aromatic rings. The second-order valence-corrected chi connectivity index (χ2v) is 4.45. The summed E-state index contributed by atoms with van der Waals surface area (Å²) < 4.78 is 37.9. The highest BCUT2D eigenvalue weighted by molar-refractivity contribution is 5.49. The predicted molar refractivity (Wildman–Crippen MR) is 74.1 cm³/mol. The molecule has 0 aliphatic rings. The molecule has 0 bridgehead atoms. The fraction of sp³-hybridized carbons (Fsp3) is 0.692. The van der Waals surface area contributed by atoms with Gasteiger partial charge in [-0.1, -0.05) is 13.8 Å². The van der Waals surface area contributed by atoms with Crippen molar-refractivity contribution in [3.05, 3.63) is 11.9 Å². The minimum Gasteiger partial charge on any atom is -0.370 e. The van der Waals surface area contributed by atoms with Crippen molar-refractivity contribution in [2.24, 2.45) is 0 Å². The molecule has 0 amide bonds. The van der Waals surface area contributed by atoms with Gasteiger partial charge in [0, 0.05) is 25.6 Å². The van der Waals surface area contributed by atoms with Crippen LogP contribution in [0, 0.1) is 0 Å². The summed E-state index contributed by atoms with van der Waals surface area (Å²) in [6.45, 7) is 5.61. The first-order chi connectivity index (χ1) is 9.39. The van der Waals surface area contributed by atoms with E-state index in [1.54, 1.807) is 6.07 Å². The third-order valence-electron chi connectivity index (χ3n) is 2.62. The van der Waals surface area contributed by atoms with E-state index in [0.717, 1.165) is 0 Å². The van der Waals surface area contributed by atoms with Gasteiger partial charge >= 0.3 is 6.18 Å². The number of hydrogen-bond donors (Lipinski definition) is 1. The predicted octanol–water partition coefficient (Wildman–Crippen LogP) is 3.25. The molecule has 0 atom stereocenters. The van der Waals surface area contributed by atoms with E-state index in [1.165, 1.54) is 4.90 Å². The quantitative estimate of drug-likeness (QED) is 0.837. The third-order valence-corrected chi connectivity index (χ3v) is 2.62. The zero-order valence-corrected chi connectivity index (χ0v) is 12.1. The number of anilines is 2. The monoisotopic (exact) mass is 290 g/mol. The Balaban J connectivity index is 3.07. The van der Waals surface area contributed by atoms with Crippen molar-refractivity contribution in [3.8, 4) is 0 Å². The molecule has 0 radical (unpaired) electrons. The smallest absolute Gasteiger partial charge is 0.370 e. The molecule has 1 heterocycles. The molecule has 1 N–H and O–H groups in total. The third kappa shape index (κ3) is 5.22. The van der Waals surface area contributed by atoms with Crippen LogP contribution >= 0.6 is 0 Å². The normalized spacial score (nSPS) is 11.5. The lowest BCUT2D eigenvalue weighted by Crippen LogP contribution is -2.35. The second kappa shape index (κ2) is 7.31. The van der Waals surface area contributed by atoms with Gasteiger partial charge in [0.1, 0.15) is 24.0 Å². The Labute approximate surface area is 117 Å². The topological polar surface area (TPSA) is 41.0 Å². The molecule has 20 heavy (non-hydrogen) atoms. The SMILES string of the molecule is CCCN(CC(F)(F)F)c1cc(NCC)nc(CC)n1. The highest BCUT2D eigenvalue weighted by Crippen LogP contribution is 2.23. The van der Waals surface area contributed by atoms with E-state index in [0.29, 0.717) is 43.4 Å². The molecule has 0 spiro atoms. The lowest BCUT2D eigenvalue weighted by Gasteiger charge is -2.25. The Morgan fingerprint density at radius 3 is 2.40 bits per heavy atom. The maximum Gasteiger partial charge on any atom is 0.405 e. The maximum atomic E-state index is 12.6. The summed E-state index contributed by atoms with van der Waals surface area (Å²) in [5, 5.41) is 3.02. The van der Waals surface area contributed by atoms with Crippen molar-refractivity contribution < 1.29 is 13.2 Å². The van der Waals surface area contributed by atoms with Crippen molar-refractivity contribution >= 4 is 11.6 Å². The van der Waals surface area contributed by atoms with Crippen molar-refractivity contribution in [2.75, 3.05) is 29.9 Å². The molecule has 7 heteroatoms. The summed E-state index contributed by atoms with van der Waals surface area (Å²) in [4.78, 5) is 9.71. The average Bonchev–Trinajstić information content (AvgIpc) is 2.36. The van der Waals surface area contributed by atoms with Gasteiger partial charge in [-0.15, -0.1) is 0 Å². The molecule has 114 valence electrons. The Kier molecular flexibility index (Phi) is 6.04. The molecule has 0 saturated heterocycles. The molecular weight excluding hydrogens is 269 g/mol. The molecule has 0 saturated carbocycles. The van der Waals surface area contributed by atoms with E-state index in [1.807, 2.05) is 20.8 Å². The average molecular weight is 290 g/mol. The summed E-state index contributed by atoms with van der Waals surface area (Å²) in [5.74, 6) is 1.44. The van der Waals surface area contributed by atoms with Crippen molar-refractivity contribution in [1.82, 2.24) is 9.97 Å². The molecule has 0 aliphatic carbocycles. The van der Waals surface area contributed by atoms with Crippen LogP contribution in [0.1, 0.15) is 33.0 Å². The van der Waals surface area contributed by atoms with Crippen LogP contribution < -0.4 is 10.2 Å². The van der Waals surface area contributed by atoms with E-state index in [-0.39, 0.29) is 0 Å². The fourth-order valence-corrected chi connectivity index (χ4v) is 1.84. The summed E-state index contributed by atoms with van der Waals surface area (Å²) in [7, 11) is 0. The number of hydrogen-bond acceptors (Lipinski definition) is 4. The van der Waals surface area contributed by atoms with Crippen LogP contribution in [0.4, 0.5) is 24.8 Å². The maximum absolute atomic E-state index is 12.6. The van der Waals surface area contributed by atoms with Gasteiger partial charge in [0.25, 0.3) is 0 Å². The molecule has 0 unspecified atom stereocenters. The molecule has 4 nitrogen and oxygen atoms in total. The van der Waals surface area contributed by atoms with Gasteiger partial charge < -0.3 is 10.2 Å². The molecule has 1 aromatic heterocycles. The van der Waals surface area contributed by atoms with Gasteiger partial charge in [0.15, 0.2) is 0 Å². The number of alkyl halides is 3. The summed E-state index contributed by atoms with van der Waals surface area (Å²) in [6.07, 6.45) is -3.04. The molecule has 0 aliphatic heterocycles. The van der Waals surface area contributed by atoms with Gasteiger partial charge in [-0.2, -0.15) is 13.2 Å². The molecule has 1 rings (SSSR count). The van der Waals surface area contributed by atoms with Crippen molar-refractivity contribution in [2.45, 2.75) is 39.8 Å². The van der Waals surface area contributed by atoms with Gasteiger partial charge in [-0.05, 0) is 13.3 Å². The minimum atomic E-state index is -4.25. The number of halogens is 3. The molecular formula is C13H21F3N4. The number of nitrogens with zero attached hydrogens (tertiary/aromatic N) is 3. The number of nitrogens with one attached hydrogen (secondary N) is 1. The van der Waals surface area contributed by atoms with Crippen LogP contribution in [0.3, 0.4) is 0 Å². The number of rotatable bonds is 7. The van der Waals surface area contributed by atoms with E-state index in [2.05, 4.69) is 15.3 Å². The first kappa shape index (κ1) is 16.5. The fourth-order valence-electron chi connectivity index (χ4n) is 1.84. The highest BCUT2D eigenvalue weighted by Gasteiger charge is 2.31. The molecule has 0 fully saturated rings. The Hall–Kier alpha value is -1.53. The minimum absolute atomic E-state index is 0.311. The van der Waals surface area contributed by atoms with Crippen LogP contribution in [0.25, 0.3) is 0 Å². The standard InChI is InChI=1S/C13H21F3N4/c1-4-7-20(9-13(14,15)16)12-8-11(17-6-3)18-10(5-2)19-12/h8H,4-7,9H2,1-3H3,(H,17,18,19). The Bertz CT molecular complexity index is 421.